The Labute approximate surface area is 240 Å². The summed E-state index contributed by atoms with van der Waals surface area (Å²) >= 11 is 0. The van der Waals surface area contributed by atoms with Gasteiger partial charge in [-0.2, -0.15) is 0 Å². The average Bonchev–Trinajstić information content (AvgIpc) is 2.98. The van der Waals surface area contributed by atoms with Gasteiger partial charge in [0.2, 0.25) is 17.7 Å². The summed E-state index contributed by atoms with van der Waals surface area (Å²) in [6.45, 7) is 2.71. The lowest BCUT2D eigenvalue weighted by molar-refractivity contribution is -0.148. The number of nitrogens with one attached hydrogen (secondary N) is 4. The molecule has 226 valence electrons. The van der Waals surface area contributed by atoms with E-state index < -0.39 is 12.1 Å². The highest BCUT2D eigenvalue weighted by atomic mass is 16.5. The molecule has 0 bridgehead atoms. The molecule has 0 unspecified atom stereocenters. The van der Waals surface area contributed by atoms with E-state index >= 15 is 0 Å². The Balaban J connectivity index is 1.39. The van der Waals surface area contributed by atoms with Crippen LogP contribution in [-0.4, -0.2) is 124 Å². The summed E-state index contributed by atoms with van der Waals surface area (Å²) in [6, 6.07) is 8.34. The Hall–Kier alpha value is -3.26. The largest absolute Gasteiger partial charge is 0.381 e. The standard InChI is InChI=1S/C28H42N6O7/c35-25-19-33(12-9-30-28(38)32-21-4-2-1-3-5-21)26(36)20-41-17-16-40-15-10-29-27(37)24-18-23(6-11-34(24)25)31-22-7-13-39-14-8-22/h1-5,22-24,31H,6-20H2,(H,29,37)(H2,30,32,38)/t23-,24+/m1/s1. The van der Waals surface area contributed by atoms with Gasteiger partial charge in [0.05, 0.1) is 26.4 Å². The van der Waals surface area contributed by atoms with Crippen LogP contribution in [0.4, 0.5) is 10.5 Å². The third-order valence-electron chi connectivity index (χ3n) is 7.44. The fraction of sp³-hybridized carbons (Fsp3) is 0.643. The fourth-order valence-electron chi connectivity index (χ4n) is 5.24. The second-order valence-corrected chi connectivity index (χ2v) is 10.4. The molecular weight excluding hydrogens is 532 g/mol. The van der Waals surface area contributed by atoms with Gasteiger partial charge >= 0.3 is 6.03 Å². The zero-order chi connectivity index (χ0) is 28.9. The van der Waals surface area contributed by atoms with Crippen molar-refractivity contribution in [1.29, 1.82) is 0 Å². The molecule has 1 aromatic carbocycles. The Morgan fingerprint density at radius 1 is 0.902 bits per heavy atom. The lowest BCUT2D eigenvalue weighted by Gasteiger charge is -2.41. The molecule has 0 aromatic heterocycles. The first-order valence-corrected chi connectivity index (χ1v) is 14.4. The highest BCUT2D eigenvalue weighted by Crippen LogP contribution is 2.21. The third-order valence-corrected chi connectivity index (χ3v) is 7.44. The Morgan fingerprint density at radius 3 is 2.46 bits per heavy atom. The summed E-state index contributed by atoms with van der Waals surface area (Å²) in [5.41, 5.74) is 0.639. The SMILES string of the molecule is O=C(NCCN1CC(=O)N2CC[C@@H](NC3CCOCC3)C[C@H]2C(=O)NCCOCCOCC1=O)Nc1ccccc1. The molecule has 0 spiro atoms. The van der Waals surface area contributed by atoms with Gasteiger partial charge in [-0.25, -0.2) is 4.79 Å². The molecule has 3 fully saturated rings. The monoisotopic (exact) mass is 574 g/mol. The van der Waals surface area contributed by atoms with Crippen molar-refractivity contribution in [2.24, 2.45) is 0 Å². The maximum Gasteiger partial charge on any atom is 0.319 e. The van der Waals surface area contributed by atoms with Gasteiger partial charge in [-0.3, -0.25) is 14.4 Å². The van der Waals surface area contributed by atoms with E-state index in [1.54, 1.807) is 17.0 Å². The van der Waals surface area contributed by atoms with Crippen LogP contribution < -0.4 is 21.3 Å². The van der Waals surface area contributed by atoms with E-state index in [1.165, 1.54) is 4.90 Å². The number of rotatable bonds is 6. The van der Waals surface area contributed by atoms with Crippen molar-refractivity contribution >= 4 is 29.4 Å². The van der Waals surface area contributed by atoms with E-state index in [4.69, 9.17) is 14.2 Å². The number of carbonyl (C=O) groups excluding carboxylic acids is 4. The highest BCUT2D eigenvalue weighted by Gasteiger charge is 2.37. The van der Waals surface area contributed by atoms with E-state index in [0.29, 0.717) is 44.3 Å². The summed E-state index contributed by atoms with van der Waals surface area (Å²) in [5, 5.41) is 12.0. The molecule has 1 aromatic rings. The zero-order valence-electron chi connectivity index (χ0n) is 23.5. The van der Waals surface area contributed by atoms with Crippen LogP contribution in [0.15, 0.2) is 30.3 Å². The van der Waals surface area contributed by atoms with Crippen LogP contribution in [0.25, 0.3) is 0 Å². The number of nitrogens with zero attached hydrogens (tertiary/aromatic N) is 2. The number of anilines is 1. The summed E-state index contributed by atoms with van der Waals surface area (Å²) < 4.78 is 16.4. The van der Waals surface area contributed by atoms with Crippen molar-refractivity contribution < 1.29 is 33.4 Å². The first kappa shape index (κ1) is 30.7. The molecule has 13 nitrogen and oxygen atoms in total. The minimum atomic E-state index is -0.665. The topological polar surface area (TPSA) is 151 Å². The summed E-state index contributed by atoms with van der Waals surface area (Å²) in [6.07, 6.45) is 3.02. The molecule has 41 heavy (non-hydrogen) atoms. The Bertz CT molecular complexity index is 1010. The molecule has 4 rings (SSSR count). The molecule has 5 amide bonds. The van der Waals surface area contributed by atoms with Gasteiger partial charge < -0.3 is 45.3 Å². The second kappa shape index (κ2) is 16.2. The molecular formula is C28H42N6O7. The number of fused-ring (bicyclic) bond motifs is 1. The number of amides is 5. The molecule has 0 saturated carbocycles. The Morgan fingerprint density at radius 2 is 1.66 bits per heavy atom. The number of carbonyl (C=O) groups is 4. The average molecular weight is 575 g/mol. The van der Waals surface area contributed by atoms with Crippen molar-refractivity contribution in [1.82, 2.24) is 25.8 Å². The summed E-state index contributed by atoms with van der Waals surface area (Å²) in [5.74, 6) is -0.929. The van der Waals surface area contributed by atoms with Crippen LogP contribution in [0.1, 0.15) is 25.7 Å². The number of hydrogen-bond donors (Lipinski definition) is 4. The third kappa shape index (κ3) is 9.95. The van der Waals surface area contributed by atoms with Crippen LogP contribution in [0.2, 0.25) is 0 Å². The van der Waals surface area contributed by atoms with Crippen molar-refractivity contribution in [3.05, 3.63) is 30.3 Å². The van der Waals surface area contributed by atoms with Crippen LogP contribution in [-0.2, 0) is 28.6 Å². The molecule has 13 heteroatoms. The van der Waals surface area contributed by atoms with Crippen molar-refractivity contribution in [2.45, 2.75) is 43.8 Å². The zero-order valence-corrected chi connectivity index (χ0v) is 23.5. The summed E-state index contributed by atoms with van der Waals surface area (Å²) in [4.78, 5) is 55.1. The first-order chi connectivity index (χ1) is 20.0. The molecule has 4 N–H and O–H groups in total. The van der Waals surface area contributed by atoms with Gasteiger partial charge in [0.15, 0.2) is 0 Å². The molecule has 0 radical (unpaired) electrons. The first-order valence-electron chi connectivity index (χ1n) is 14.4. The maximum atomic E-state index is 13.6. The maximum absolute atomic E-state index is 13.6. The van der Waals surface area contributed by atoms with Crippen molar-refractivity contribution in [3.63, 3.8) is 0 Å². The number of ether oxygens (including phenoxy) is 3. The van der Waals surface area contributed by atoms with Crippen molar-refractivity contribution in [2.75, 3.05) is 77.7 Å². The molecule has 3 aliphatic heterocycles. The van der Waals surface area contributed by atoms with Gasteiger partial charge in [-0.15, -0.1) is 0 Å². The predicted molar refractivity (Wildman–Crippen MR) is 150 cm³/mol. The predicted octanol–water partition coefficient (Wildman–Crippen LogP) is -0.0721. The minimum absolute atomic E-state index is 0.0923. The highest BCUT2D eigenvalue weighted by molar-refractivity contribution is 5.91. The van der Waals surface area contributed by atoms with Crippen LogP contribution >= 0.6 is 0 Å². The van der Waals surface area contributed by atoms with Crippen LogP contribution in [0.3, 0.4) is 0 Å². The van der Waals surface area contributed by atoms with E-state index in [2.05, 4.69) is 21.3 Å². The molecule has 3 aliphatic rings. The van der Waals surface area contributed by atoms with E-state index in [0.717, 1.165) is 26.1 Å². The molecule has 2 atom stereocenters. The second-order valence-electron chi connectivity index (χ2n) is 10.4. The normalized spacial score (nSPS) is 24.0. The van der Waals surface area contributed by atoms with Gasteiger partial charge in [-0.05, 0) is 37.8 Å². The summed E-state index contributed by atoms with van der Waals surface area (Å²) in [7, 11) is 0. The molecule has 3 saturated heterocycles. The molecule has 0 aliphatic carbocycles. The van der Waals surface area contributed by atoms with Gasteiger partial charge in [-0.1, -0.05) is 18.2 Å². The van der Waals surface area contributed by atoms with E-state index in [1.807, 2.05) is 18.2 Å². The van der Waals surface area contributed by atoms with Crippen LogP contribution in [0, 0.1) is 0 Å². The molecule has 3 heterocycles. The Kier molecular flexibility index (Phi) is 12.2. The number of hydrogen-bond acceptors (Lipinski definition) is 8. The lowest BCUT2D eigenvalue weighted by atomic mass is 9.94. The number of para-hydroxylation sites is 1. The van der Waals surface area contributed by atoms with E-state index in [9.17, 15) is 19.2 Å². The number of benzene rings is 1. The van der Waals surface area contributed by atoms with E-state index in [-0.39, 0.29) is 63.2 Å². The van der Waals surface area contributed by atoms with Crippen molar-refractivity contribution in [3.8, 4) is 0 Å². The number of piperidine rings is 1. The van der Waals surface area contributed by atoms with Gasteiger partial charge in [0.1, 0.15) is 12.6 Å². The van der Waals surface area contributed by atoms with Gasteiger partial charge in [0.25, 0.3) is 0 Å². The lowest BCUT2D eigenvalue weighted by Crippen LogP contribution is -2.60. The quantitative estimate of drug-likeness (QED) is 0.369. The number of urea groups is 1. The van der Waals surface area contributed by atoms with Gasteiger partial charge in [0, 0.05) is 57.2 Å². The fourth-order valence-corrected chi connectivity index (χ4v) is 5.24. The van der Waals surface area contributed by atoms with Crippen LogP contribution in [0.5, 0.6) is 0 Å². The minimum Gasteiger partial charge on any atom is -0.381 e. The smallest absolute Gasteiger partial charge is 0.319 e.